The molecule has 0 aliphatic carbocycles. The number of ether oxygens (including phenoxy) is 1. The number of rotatable bonds is 10. The second-order valence-corrected chi connectivity index (χ2v) is 5.07. The fourth-order valence-electron chi connectivity index (χ4n) is 2.33. The van der Waals surface area contributed by atoms with E-state index in [1.807, 2.05) is 13.8 Å². The van der Waals surface area contributed by atoms with Gasteiger partial charge in [-0.05, 0) is 33.2 Å². The highest BCUT2D eigenvalue weighted by molar-refractivity contribution is 5.69. The van der Waals surface area contributed by atoms with Crippen LogP contribution in [0.1, 0.15) is 66.7 Å². The third kappa shape index (κ3) is 7.00. The number of unbranched alkanes of at least 4 members (excludes halogenated alkanes) is 2. The van der Waals surface area contributed by atoms with Crippen molar-refractivity contribution in [1.82, 2.24) is 5.32 Å². The van der Waals surface area contributed by atoms with Gasteiger partial charge >= 0.3 is 5.97 Å². The molecule has 0 aromatic carbocycles. The zero-order valence-electron chi connectivity index (χ0n) is 12.8. The van der Waals surface area contributed by atoms with Crippen molar-refractivity contribution in [3.63, 3.8) is 0 Å². The Balaban J connectivity index is 4.08. The maximum atomic E-state index is 11.3. The van der Waals surface area contributed by atoms with Crippen LogP contribution < -0.4 is 5.32 Å². The van der Waals surface area contributed by atoms with E-state index in [0.717, 1.165) is 13.0 Å². The van der Waals surface area contributed by atoms with Crippen molar-refractivity contribution in [2.75, 3.05) is 6.54 Å². The summed E-state index contributed by atoms with van der Waals surface area (Å²) in [6, 6.07) is 0.395. The Hall–Kier alpha value is -0.570. The maximum absolute atomic E-state index is 11.3. The van der Waals surface area contributed by atoms with Crippen LogP contribution in [-0.4, -0.2) is 24.7 Å². The van der Waals surface area contributed by atoms with E-state index >= 15 is 0 Å². The first-order chi connectivity index (χ1) is 8.56. The Morgan fingerprint density at radius 1 is 1.17 bits per heavy atom. The molecule has 0 saturated carbocycles. The van der Waals surface area contributed by atoms with Crippen LogP contribution in [0.15, 0.2) is 0 Å². The number of carbonyl (C=O) groups is 1. The fraction of sp³-hybridized carbons (Fsp3) is 0.933. The predicted molar refractivity (Wildman–Crippen MR) is 76.6 cm³/mol. The lowest BCUT2D eigenvalue weighted by atomic mass is 9.92. The minimum Gasteiger partial charge on any atom is -0.462 e. The first kappa shape index (κ1) is 17.4. The van der Waals surface area contributed by atoms with Crippen molar-refractivity contribution in [2.45, 2.75) is 78.9 Å². The van der Waals surface area contributed by atoms with Gasteiger partial charge in [0.2, 0.25) is 0 Å². The molecule has 18 heavy (non-hydrogen) atoms. The van der Waals surface area contributed by atoms with Crippen molar-refractivity contribution < 1.29 is 9.53 Å². The largest absolute Gasteiger partial charge is 0.462 e. The van der Waals surface area contributed by atoms with Crippen LogP contribution in [0.4, 0.5) is 0 Å². The number of carbonyl (C=O) groups excluding carboxylic acids is 1. The number of hydrogen-bond donors (Lipinski definition) is 1. The highest BCUT2D eigenvalue weighted by atomic mass is 16.5. The third-order valence-electron chi connectivity index (χ3n) is 3.57. The quantitative estimate of drug-likeness (QED) is 0.480. The molecule has 0 spiro atoms. The van der Waals surface area contributed by atoms with Crippen molar-refractivity contribution in [3.8, 4) is 0 Å². The summed E-state index contributed by atoms with van der Waals surface area (Å²) in [5, 5.41) is 3.55. The van der Waals surface area contributed by atoms with E-state index in [-0.39, 0.29) is 12.1 Å². The molecule has 0 fully saturated rings. The summed E-state index contributed by atoms with van der Waals surface area (Å²) < 4.78 is 5.42. The summed E-state index contributed by atoms with van der Waals surface area (Å²) in [6.45, 7) is 11.5. The molecule has 108 valence electrons. The van der Waals surface area contributed by atoms with E-state index in [1.165, 1.54) is 19.3 Å². The van der Waals surface area contributed by atoms with E-state index in [0.29, 0.717) is 18.4 Å². The lowest BCUT2D eigenvalue weighted by molar-refractivity contribution is -0.150. The first-order valence-electron chi connectivity index (χ1n) is 7.49. The standard InChI is InChI=1S/C15H31NO2/c1-6-9-10-11-16-12(4)14(7-2)13(5)18-15(17)8-3/h12-14,16H,6-11H2,1-5H3. The van der Waals surface area contributed by atoms with Gasteiger partial charge in [-0.15, -0.1) is 0 Å². The predicted octanol–water partition coefficient (Wildman–Crippen LogP) is 3.52. The normalized spacial score (nSPS) is 16.1. The van der Waals surface area contributed by atoms with Crippen LogP contribution in [0.25, 0.3) is 0 Å². The van der Waals surface area contributed by atoms with Gasteiger partial charge in [0.15, 0.2) is 0 Å². The molecule has 0 amide bonds. The second-order valence-electron chi connectivity index (χ2n) is 5.07. The topological polar surface area (TPSA) is 38.3 Å². The van der Waals surface area contributed by atoms with Crippen molar-refractivity contribution >= 4 is 5.97 Å². The monoisotopic (exact) mass is 257 g/mol. The van der Waals surface area contributed by atoms with Gasteiger partial charge < -0.3 is 10.1 Å². The van der Waals surface area contributed by atoms with Gasteiger partial charge in [0.1, 0.15) is 6.10 Å². The van der Waals surface area contributed by atoms with Crippen LogP contribution in [0.3, 0.4) is 0 Å². The average molecular weight is 257 g/mol. The first-order valence-corrected chi connectivity index (χ1v) is 7.49. The van der Waals surface area contributed by atoms with Crippen LogP contribution in [0.2, 0.25) is 0 Å². The van der Waals surface area contributed by atoms with Crippen molar-refractivity contribution in [2.24, 2.45) is 5.92 Å². The van der Waals surface area contributed by atoms with E-state index in [4.69, 9.17) is 4.74 Å². The molecule has 3 unspecified atom stereocenters. The smallest absolute Gasteiger partial charge is 0.305 e. The van der Waals surface area contributed by atoms with Gasteiger partial charge in [-0.1, -0.05) is 33.6 Å². The molecule has 0 aliphatic rings. The van der Waals surface area contributed by atoms with Crippen LogP contribution >= 0.6 is 0 Å². The van der Waals surface area contributed by atoms with Gasteiger partial charge in [0.05, 0.1) is 0 Å². The van der Waals surface area contributed by atoms with Crippen LogP contribution in [0, 0.1) is 5.92 Å². The highest BCUT2D eigenvalue weighted by Gasteiger charge is 2.24. The van der Waals surface area contributed by atoms with Crippen LogP contribution in [0.5, 0.6) is 0 Å². The number of nitrogens with one attached hydrogen (secondary N) is 1. The number of hydrogen-bond acceptors (Lipinski definition) is 3. The molecule has 0 aliphatic heterocycles. The summed E-state index contributed by atoms with van der Waals surface area (Å²) in [5.74, 6) is 0.293. The summed E-state index contributed by atoms with van der Waals surface area (Å²) in [4.78, 5) is 11.3. The Bertz CT molecular complexity index is 219. The summed E-state index contributed by atoms with van der Waals surface area (Å²) >= 11 is 0. The molecule has 3 atom stereocenters. The Morgan fingerprint density at radius 2 is 1.83 bits per heavy atom. The van der Waals surface area contributed by atoms with Gasteiger partial charge in [-0.3, -0.25) is 4.79 Å². The average Bonchev–Trinajstić information content (AvgIpc) is 2.35. The summed E-state index contributed by atoms with van der Waals surface area (Å²) in [5.41, 5.74) is 0. The molecule has 0 radical (unpaired) electrons. The van der Waals surface area contributed by atoms with E-state index in [2.05, 4.69) is 26.1 Å². The molecule has 0 saturated heterocycles. The maximum Gasteiger partial charge on any atom is 0.305 e. The van der Waals surface area contributed by atoms with Gasteiger partial charge in [-0.25, -0.2) is 0 Å². The van der Waals surface area contributed by atoms with Crippen molar-refractivity contribution in [3.05, 3.63) is 0 Å². The SMILES string of the molecule is CCCCCNC(C)C(CC)C(C)OC(=O)CC. The van der Waals surface area contributed by atoms with Gasteiger partial charge in [0.25, 0.3) is 0 Å². The zero-order valence-corrected chi connectivity index (χ0v) is 12.8. The van der Waals surface area contributed by atoms with Gasteiger partial charge in [-0.2, -0.15) is 0 Å². The molecule has 0 heterocycles. The molecule has 0 aromatic rings. The molecular weight excluding hydrogens is 226 g/mol. The molecule has 3 heteroatoms. The van der Waals surface area contributed by atoms with Crippen LogP contribution in [-0.2, 0) is 9.53 Å². The zero-order chi connectivity index (χ0) is 14.0. The number of esters is 1. The van der Waals surface area contributed by atoms with E-state index in [9.17, 15) is 4.79 Å². The molecule has 1 N–H and O–H groups in total. The second kappa shape index (κ2) is 10.4. The molecule has 0 rings (SSSR count). The molecular formula is C15H31NO2. The van der Waals surface area contributed by atoms with Gasteiger partial charge in [0, 0.05) is 18.4 Å². The fourth-order valence-corrected chi connectivity index (χ4v) is 2.33. The van der Waals surface area contributed by atoms with E-state index < -0.39 is 0 Å². The Labute approximate surface area is 113 Å². The molecule has 0 bridgehead atoms. The minimum absolute atomic E-state index is 0.00359. The minimum atomic E-state index is -0.0980. The molecule has 3 nitrogen and oxygen atoms in total. The van der Waals surface area contributed by atoms with E-state index in [1.54, 1.807) is 0 Å². The molecule has 0 aromatic heterocycles. The lowest BCUT2D eigenvalue weighted by Crippen LogP contribution is -2.40. The Morgan fingerprint density at radius 3 is 2.33 bits per heavy atom. The lowest BCUT2D eigenvalue weighted by Gasteiger charge is -2.29. The summed E-state index contributed by atoms with van der Waals surface area (Å²) in [6.07, 6.45) is 5.23. The Kier molecular flexibility index (Phi) is 10.0. The summed E-state index contributed by atoms with van der Waals surface area (Å²) in [7, 11) is 0. The third-order valence-corrected chi connectivity index (χ3v) is 3.57. The highest BCUT2D eigenvalue weighted by Crippen LogP contribution is 2.17. The van der Waals surface area contributed by atoms with Crippen molar-refractivity contribution in [1.29, 1.82) is 0 Å².